The van der Waals surface area contributed by atoms with E-state index >= 15 is 0 Å². The molecule has 0 spiro atoms. The van der Waals surface area contributed by atoms with Crippen LogP contribution < -0.4 is 29.6 Å². The minimum absolute atomic E-state index is 0.211. The summed E-state index contributed by atoms with van der Waals surface area (Å²) in [4.78, 5) is 37.1. The van der Waals surface area contributed by atoms with Gasteiger partial charge < -0.3 is 34.7 Å². The van der Waals surface area contributed by atoms with Gasteiger partial charge in [0, 0.05) is 17.5 Å². The second-order valence-electron chi connectivity index (χ2n) is 10.9. The molecule has 0 aliphatic carbocycles. The Morgan fingerprint density at radius 1 is 0.612 bits per heavy atom. The highest BCUT2D eigenvalue weighted by Gasteiger charge is 2.10. The first-order valence-electron chi connectivity index (χ1n) is 15.3. The number of aliphatic hydroxyl groups excluding tert-OH is 1. The summed E-state index contributed by atoms with van der Waals surface area (Å²) in [6.07, 6.45) is 6.93. The van der Waals surface area contributed by atoms with Crippen molar-refractivity contribution in [3.63, 3.8) is 0 Å². The molecule has 0 saturated heterocycles. The Balaban J connectivity index is 1.28. The molecule has 10 nitrogen and oxygen atoms in total. The van der Waals surface area contributed by atoms with Crippen molar-refractivity contribution in [1.82, 2.24) is 0 Å². The van der Waals surface area contributed by atoms with Crippen molar-refractivity contribution in [3.8, 4) is 23.0 Å². The van der Waals surface area contributed by atoms with Crippen molar-refractivity contribution < 1.29 is 38.4 Å². The summed E-state index contributed by atoms with van der Waals surface area (Å²) >= 11 is 0. The molecular formula is C39H38N2O8. The molecule has 0 fully saturated rings. The minimum Gasteiger partial charge on any atom is -0.508 e. The van der Waals surface area contributed by atoms with Crippen LogP contribution in [0.25, 0.3) is 12.2 Å². The molecule has 0 aliphatic heterocycles. The number of aryl methyl sites for hydroxylation is 2. The maximum Gasteiger partial charge on any atom is 0.262 e. The van der Waals surface area contributed by atoms with Gasteiger partial charge in [0.05, 0.1) is 14.2 Å². The maximum atomic E-state index is 12.5. The Labute approximate surface area is 285 Å². The molecule has 4 aromatic rings. The van der Waals surface area contributed by atoms with Gasteiger partial charge in [-0.15, -0.1) is 0 Å². The lowest BCUT2D eigenvalue weighted by Gasteiger charge is -2.11. The summed E-state index contributed by atoms with van der Waals surface area (Å²) in [6.45, 7) is 3.50. The topological polar surface area (TPSA) is 132 Å². The second kappa shape index (κ2) is 17.6. The van der Waals surface area contributed by atoms with Crippen molar-refractivity contribution in [2.45, 2.75) is 13.8 Å². The molecule has 2 amide bonds. The molecule has 0 aliphatic rings. The van der Waals surface area contributed by atoms with Crippen molar-refractivity contribution in [3.05, 3.63) is 131 Å². The number of allylic oxidation sites excluding steroid dienone is 3. The average molecular weight is 663 g/mol. The van der Waals surface area contributed by atoms with E-state index in [0.29, 0.717) is 45.5 Å². The normalized spacial score (nSPS) is 11.3. The highest BCUT2D eigenvalue weighted by atomic mass is 16.5. The molecule has 49 heavy (non-hydrogen) atoms. The van der Waals surface area contributed by atoms with E-state index in [1.54, 1.807) is 48.6 Å². The Hall–Kier alpha value is -6.29. The van der Waals surface area contributed by atoms with E-state index in [1.807, 2.05) is 62.4 Å². The summed E-state index contributed by atoms with van der Waals surface area (Å²) < 4.78 is 22.1. The van der Waals surface area contributed by atoms with Gasteiger partial charge in [0.25, 0.3) is 11.8 Å². The Bertz CT molecular complexity index is 1860. The molecule has 10 heteroatoms. The van der Waals surface area contributed by atoms with Crippen molar-refractivity contribution in [2.75, 3.05) is 38.1 Å². The molecule has 4 aromatic carbocycles. The third-order valence-corrected chi connectivity index (χ3v) is 6.94. The van der Waals surface area contributed by atoms with Crippen molar-refractivity contribution >= 4 is 41.1 Å². The number of methoxy groups -OCH3 is 2. The van der Waals surface area contributed by atoms with Gasteiger partial charge in [-0.25, -0.2) is 0 Å². The number of nitrogens with one attached hydrogen (secondary N) is 2. The van der Waals surface area contributed by atoms with Gasteiger partial charge >= 0.3 is 0 Å². The maximum absolute atomic E-state index is 12.5. The first-order valence-corrected chi connectivity index (χ1v) is 15.3. The quantitative estimate of drug-likeness (QED) is 0.0698. The number of benzene rings is 4. The van der Waals surface area contributed by atoms with Gasteiger partial charge in [-0.1, -0.05) is 59.7 Å². The van der Waals surface area contributed by atoms with Crippen LogP contribution in [0.3, 0.4) is 0 Å². The molecule has 3 N–H and O–H groups in total. The standard InChI is InChI=1S/C39H38N2O8/c1-26-5-13-30(14-6-26)40-38(44)24-48-34-19-11-28(21-36(34)46-3)9-17-32(42)23-33(43)18-10-29-12-20-35(37(22-29)47-4)49-25-39(45)41-31-15-7-27(2)8-16-31/h5-23,42H,24-25H2,1-4H3,(H,40,44)(H,41,45)/b17-9+,18-10+,32-23-. The third-order valence-electron chi connectivity index (χ3n) is 6.94. The zero-order valence-electron chi connectivity index (χ0n) is 27.7. The molecule has 4 rings (SSSR count). The van der Waals surface area contributed by atoms with Crippen LogP contribution in [-0.2, 0) is 14.4 Å². The van der Waals surface area contributed by atoms with E-state index in [0.717, 1.165) is 17.2 Å². The predicted molar refractivity (Wildman–Crippen MR) is 190 cm³/mol. The summed E-state index contributed by atoms with van der Waals surface area (Å²) in [5.41, 5.74) is 4.83. The zero-order chi connectivity index (χ0) is 35.2. The highest BCUT2D eigenvalue weighted by molar-refractivity contribution is 6.02. The van der Waals surface area contributed by atoms with Crippen molar-refractivity contribution in [2.24, 2.45) is 0 Å². The largest absolute Gasteiger partial charge is 0.508 e. The van der Waals surface area contributed by atoms with Gasteiger partial charge in [0.1, 0.15) is 5.76 Å². The fraction of sp³-hybridized carbons (Fsp3) is 0.154. The molecule has 0 bridgehead atoms. The number of ketones is 1. The average Bonchev–Trinajstić information content (AvgIpc) is 3.10. The molecule has 0 unspecified atom stereocenters. The number of hydrogen-bond donors (Lipinski definition) is 3. The van der Waals surface area contributed by atoms with Crippen LogP contribution in [0.2, 0.25) is 0 Å². The van der Waals surface area contributed by atoms with Gasteiger partial charge in [-0.05, 0) is 85.7 Å². The number of anilines is 2. The van der Waals surface area contributed by atoms with E-state index in [9.17, 15) is 19.5 Å². The van der Waals surface area contributed by atoms with Gasteiger partial charge in [0.15, 0.2) is 42.0 Å². The predicted octanol–water partition coefficient (Wildman–Crippen LogP) is 7.09. The molecule has 0 atom stereocenters. The Morgan fingerprint density at radius 3 is 1.47 bits per heavy atom. The lowest BCUT2D eigenvalue weighted by Crippen LogP contribution is -2.20. The van der Waals surface area contributed by atoms with Gasteiger partial charge in [-0.2, -0.15) is 0 Å². The summed E-state index contributed by atoms with van der Waals surface area (Å²) in [7, 11) is 2.95. The first-order chi connectivity index (χ1) is 23.6. The first kappa shape index (κ1) is 35.6. The number of amides is 2. The van der Waals surface area contributed by atoms with Crippen LogP contribution in [0.5, 0.6) is 23.0 Å². The molecule has 0 heterocycles. The fourth-order valence-electron chi connectivity index (χ4n) is 4.37. The van der Waals surface area contributed by atoms with E-state index in [4.69, 9.17) is 18.9 Å². The molecule has 0 radical (unpaired) electrons. The molecule has 0 aromatic heterocycles. The van der Waals surface area contributed by atoms with Crippen LogP contribution in [0, 0.1) is 13.8 Å². The lowest BCUT2D eigenvalue weighted by molar-refractivity contribution is -0.118. The van der Waals surface area contributed by atoms with E-state index in [-0.39, 0.29) is 30.8 Å². The number of carbonyl (C=O) groups excluding carboxylic acids is 3. The molecular weight excluding hydrogens is 624 g/mol. The number of aliphatic hydroxyl groups is 1. The van der Waals surface area contributed by atoms with Crippen LogP contribution in [0.1, 0.15) is 22.3 Å². The zero-order valence-corrected chi connectivity index (χ0v) is 27.7. The third kappa shape index (κ3) is 11.5. The smallest absolute Gasteiger partial charge is 0.262 e. The highest BCUT2D eigenvalue weighted by Crippen LogP contribution is 2.30. The van der Waals surface area contributed by atoms with Crippen LogP contribution in [0.15, 0.2) is 109 Å². The fourth-order valence-corrected chi connectivity index (χ4v) is 4.37. The van der Waals surface area contributed by atoms with Gasteiger partial charge in [0.2, 0.25) is 0 Å². The SMILES string of the molecule is COc1cc(/C=C/C(=O)/C=C(O)/C=C/c2ccc(OCC(=O)Nc3ccc(C)cc3)c(OC)c2)ccc1OCC(=O)Nc1ccc(C)cc1. The lowest BCUT2D eigenvalue weighted by atomic mass is 10.1. The minimum atomic E-state index is -0.445. The summed E-state index contributed by atoms with van der Waals surface area (Å²) in [5.74, 6) is 0.186. The molecule has 0 saturated carbocycles. The number of ether oxygens (including phenoxy) is 4. The summed E-state index contributed by atoms with van der Waals surface area (Å²) in [6, 6.07) is 24.9. The van der Waals surface area contributed by atoms with Crippen LogP contribution in [-0.4, -0.2) is 50.1 Å². The van der Waals surface area contributed by atoms with E-state index < -0.39 is 5.78 Å². The van der Waals surface area contributed by atoms with Crippen LogP contribution in [0.4, 0.5) is 11.4 Å². The molecule has 252 valence electrons. The Morgan fingerprint density at radius 2 is 1.04 bits per heavy atom. The number of carbonyl (C=O) groups is 3. The summed E-state index contributed by atoms with van der Waals surface area (Å²) in [5, 5.41) is 15.9. The van der Waals surface area contributed by atoms with E-state index in [2.05, 4.69) is 10.6 Å². The van der Waals surface area contributed by atoms with Crippen LogP contribution >= 0.6 is 0 Å². The number of rotatable bonds is 15. The van der Waals surface area contributed by atoms with E-state index in [1.165, 1.54) is 26.4 Å². The Kier molecular flexibility index (Phi) is 12.8. The second-order valence-corrected chi connectivity index (χ2v) is 10.9. The number of hydrogen-bond acceptors (Lipinski definition) is 8. The van der Waals surface area contributed by atoms with Gasteiger partial charge in [-0.3, -0.25) is 14.4 Å². The van der Waals surface area contributed by atoms with Crippen molar-refractivity contribution in [1.29, 1.82) is 0 Å². The monoisotopic (exact) mass is 662 g/mol.